The molecule has 0 radical (unpaired) electrons. The number of imidazole rings is 1. The first kappa shape index (κ1) is 54.8. The van der Waals surface area contributed by atoms with Gasteiger partial charge in [-0.15, -0.1) is 11.3 Å². The third-order valence-electron chi connectivity index (χ3n) is 11.5. The summed E-state index contributed by atoms with van der Waals surface area (Å²) in [7, 11) is -2.31. The van der Waals surface area contributed by atoms with Crippen LogP contribution < -0.4 is 43.3 Å². The molecular formula is C38H70B5BrN12O8S. The first-order valence-corrected chi connectivity index (χ1v) is 24.7. The molecule has 3 heterocycles. The molecule has 3 aromatic heterocycles. The molecule has 8 rings (SSSR count). The average molecular weight is 989 g/mol. The van der Waals surface area contributed by atoms with Gasteiger partial charge in [-0.1, -0.05) is 15.9 Å². The zero-order valence-electron chi connectivity index (χ0n) is 38.5. The Balaban J connectivity index is 0.000000178. The van der Waals surface area contributed by atoms with E-state index in [0.717, 1.165) is 112 Å². The smallest absolute Gasteiger partial charge is 0.373 e. The van der Waals surface area contributed by atoms with Gasteiger partial charge in [-0.25, -0.2) is 9.97 Å². The molecule has 65 heavy (non-hydrogen) atoms. The number of ketones is 2. The highest BCUT2D eigenvalue weighted by Crippen LogP contribution is 2.28. The third-order valence-corrected chi connectivity index (χ3v) is 13.3. The molecule has 2 fully saturated rings. The molecule has 20 nitrogen and oxygen atoms in total. The second-order valence-electron chi connectivity index (χ2n) is 17.6. The van der Waals surface area contributed by atoms with Gasteiger partial charge in [0.2, 0.25) is 0 Å². The van der Waals surface area contributed by atoms with E-state index in [9.17, 15) is 24.7 Å². The number of aromatic nitrogens is 4. The number of nitrogens with two attached hydrogens (primary N) is 3. The molecule has 5 atom stereocenters. The van der Waals surface area contributed by atoms with Gasteiger partial charge in [0.1, 0.15) is 17.3 Å². The molecule has 0 aliphatic heterocycles. The minimum Gasteiger partial charge on any atom is -0.437 e. The van der Waals surface area contributed by atoms with Crippen molar-refractivity contribution in [2.24, 2.45) is 0 Å². The molecule has 358 valence electrons. The van der Waals surface area contributed by atoms with Crippen LogP contribution in [0.15, 0.2) is 4.42 Å². The van der Waals surface area contributed by atoms with E-state index in [1.807, 2.05) is 0 Å². The van der Waals surface area contributed by atoms with Crippen molar-refractivity contribution in [1.82, 2.24) is 46.1 Å². The first-order valence-electron chi connectivity index (χ1n) is 22.9. The maximum Gasteiger partial charge on any atom is 0.373 e. The van der Waals surface area contributed by atoms with Crippen LogP contribution in [0.5, 0.6) is 0 Å². The molecule has 0 aromatic carbocycles. The third kappa shape index (κ3) is 20.1. The number of carbonyl (C=O) groups is 2. The highest BCUT2D eigenvalue weighted by Gasteiger charge is 2.29. The molecule has 5 aliphatic carbocycles. The number of hydrogen-bond donors (Lipinski definition) is 14. The number of aromatic amines is 1. The number of H-pyrrole nitrogens is 1. The number of Topliss-reactive ketones (excluding diaryl/α,β-unsaturated/α-hetero) is 2. The Morgan fingerprint density at radius 2 is 1.09 bits per heavy atom. The van der Waals surface area contributed by atoms with Gasteiger partial charge in [0.05, 0.1) is 21.9 Å². The molecule has 0 bridgehead atoms. The number of hydrogen-bond acceptors (Lipinski definition) is 20. The predicted octanol–water partition coefficient (Wildman–Crippen LogP) is 0.415. The number of nitrogens with one attached hydrogen (secondary N) is 6. The van der Waals surface area contributed by atoms with Crippen molar-refractivity contribution in [2.45, 2.75) is 172 Å². The SMILES string of the molecule is CB(O)NC1CCC(=O)C(Br)C1.CB(O)NC1CCC(=O)CC1.CB(O)NC1CCc2nc(N)[nH]c2C1.CB(O)NC1CCc2nc(N)oc2C1.CB(O)NC1CCc2nc(N)sc2C1. The van der Waals surface area contributed by atoms with Crippen molar-refractivity contribution in [3.8, 4) is 0 Å². The molecule has 27 heteroatoms. The summed E-state index contributed by atoms with van der Waals surface area (Å²) in [4.78, 5) is 38.7. The lowest BCUT2D eigenvalue weighted by atomic mass is 9.83. The summed E-state index contributed by atoms with van der Waals surface area (Å²) in [6, 6.07) is 1.80. The zero-order chi connectivity index (χ0) is 47.8. The van der Waals surface area contributed by atoms with Crippen LogP contribution in [-0.2, 0) is 48.1 Å². The van der Waals surface area contributed by atoms with Crippen LogP contribution in [0.25, 0.3) is 0 Å². The average Bonchev–Trinajstić information content (AvgIpc) is 3.90. The molecule has 3 aromatic rings. The number of thiazole rings is 1. The summed E-state index contributed by atoms with van der Waals surface area (Å²) < 4.78 is 5.26. The van der Waals surface area contributed by atoms with Crippen LogP contribution in [0.1, 0.15) is 97.6 Å². The van der Waals surface area contributed by atoms with E-state index in [2.05, 4.69) is 62.0 Å². The zero-order valence-corrected chi connectivity index (χ0v) is 40.9. The predicted molar refractivity (Wildman–Crippen MR) is 265 cm³/mol. The Morgan fingerprint density at radius 3 is 1.66 bits per heavy atom. The second kappa shape index (κ2) is 27.3. The van der Waals surface area contributed by atoms with E-state index >= 15 is 0 Å². The summed E-state index contributed by atoms with van der Waals surface area (Å²) in [6.45, 7) is 8.59. The van der Waals surface area contributed by atoms with Crippen molar-refractivity contribution in [1.29, 1.82) is 0 Å². The fraction of sp³-hybridized carbons (Fsp3) is 0.711. The van der Waals surface area contributed by atoms with E-state index in [1.165, 1.54) is 4.88 Å². The van der Waals surface area contributed by atoms with E-state index in [0.29, 0.717) is 54.3 Å². The number of rotatable bonds is 10. The fourth-order valence-electron chi connectivity index (χ4n) is 8.65. The van der Waals surface area contributed by atoms with Crippen LogP contribution in [-0.4, -0.2) is 127 Å². The van der Waals surface area contributed by atoms with Gasteiger partial charge in [0, 0.05) is 66.8 Å². The van der Waals surface area contributed by atoms with E-state index in [-0.39, 0.29) is 28.7 Å². The lowest BCUT2D eigenvalue weighted by Gasteiger charge is -2.26. The number of carbonyl (C=O) groups excluding carboxylic acids is 2. The van der Waals surface area contributed by atoms with Gasteiger partial charge in [-0.3, -0.25) is 9.59 Å². The van der Waals surface area contributed by atoms with Crippen molar-refractivity contribution in [3.63, 3.8) is 0 Å². The molecule has 0 spiro atoms. The van der Waals surface area contributed by atoms with Crippen molar-refractivity contribution in [3.05, 3.63) is 33.4 Å². The summed E-state index contributed by atoms with van der Waals surface area (Å²) in [5.74, 6) is 1.98. The van der Waals surface area contributed by atoms with Crippen LogP contribution in [0, 0.1) is 0 Å². The number of alkyl halides is 1. The minimum absolute atomic E-state index is 0.0255. The van der Waals surface area contributed by atoms with Crippen molar-refractivity contribution < 1.29 is 39.1 Å². The maximum atomic E-state index is 11.1. The van der Waals surface area contributed by atoms with Crippen molar-refractivity contribution in [2.75, 3.05) is 17.2 Å². The number of fused-ring (bicyclic) bond motifs is 3. The van der Waals surface area contributed by atoms with Gasteiger partial charge >= 0.3 is 35.3 Å². The highest BCUT2D eigenvalue weighted by atomic mass is 79.9. The van der Waals surface area contributed by atoms with Crippen LogP contribution in [0.4, 0.5) is 17.1 Å². The molecule has 5 unspecified atom stereocenters. The Bertz CT molecular complexity index is 1750. The molecular weight excluding hydrogens is 919 g/mol. The van der Waals surface area contributed by atoms with Crippen molar-refractivity contribution >= 4 is 91.2 Å². The van der Waals surface area contributed by atoms with E-state index < -0.39 is 35.3 Å². The van der Waals surface area contributed by atoms with E-state index in [1.54, 1.807) is 45.5 Å². The Morgan fingerprint density at radius 1 is 0.615 bits per heavy atom. The summed E-state index contributed by atoms with van der Waals surface area (Å²) in [5, 5.41) is 61.6. The van der Waals surface area contributed by atoms with Gasteiger partial charge in [-0.2, -0.15) is 4.98 Å². The topological polar surface area (TPSA) is 341 Å². The monoisotopic (exact) mass is 988 g/mol. The Kier molecular flexibility index (Phi) is 23.0. The summed E-state index contributed by atoms with van der Waals surface area (Å²) >= 11 is 4.88. The lowest BCUT2D eigenvalue weighted by molar-refractivity contribution is -0.121. The van der Waals surface area contributed by atoms with Gasteiger partial charge < -0.3 is 77.9 Å². The van der Waals surface area contributed by atoms with Gasteiger partial charge in [0.15, 0.2) is 11.1 Å². The first-order chi connectivity index (χ1) is 30.7. The number of oxazole rings is 1. The van der Waals surface area contributed by atoms with Gasteiger partial charge in [-0.05, 0) is 111 Å². The number of halogens is 1. The Hall–Kier alpha value is -2.81. The molecule has 2 saturated carbocycles. The maximum absolute atomic E-state index is 11.1. The van der Waals surface area contributed by atoms with Crippen LogP contribution in [0.3, 0.4) is 0 Å². The Labute approximate surface area is 397 Å². The number of aryl methyl sites for hydroxylation is 3. The van der Waals surface area contributed by atoms with Crippen LogP contribution in [0.2, 0.25) is 34.1 Å². The normalized spacial score (nSPS) is 22.4. The van der Waals surface area contributed by atoms with E-state index in [4.69, 9.17) is 31.7 Å². The largest absolute Gasteiger partial charge is 0.437 e. The minimum atomic E-state index is -0.484. The van der Waals surface area contributed by atoms with Gasteiger partial charge in [0.25, 0.3) is 6.01 Å². The standard InChI is InChI=1S/C8H15BN4O.C8H14BN3O2.C8H14BN3OS.C7H13BBrNO2.C7H14BNO2/c1-9(14)13-5-2-3-6-7(4-5)12-8(10)11-6;2*1-9(13)12-5-2-3-6-7(4-5)14-8(10)11-6;1-8(12)10-5-2-3-7(11)6(9)4-5;1-8(11)9-6-2-4-7(10)5-3-6/h5,13-14H,2-4H2,1H3,(H3,10,11,12);2*5,12-13H,2-4H2,1H3,(H2,10,11);5-6,10,12H,2-4H2,1H3;6,9,11H,2-5H2,1H3. The quantitative estimate of drug-likeness (QED) is 0.0966. The fourth-order valence-corrected chi connectivity index (χ4v) is 10.3. The highest BCUT2D eigenvalue weighted by molar-refractivity contribution is 9.10. The lowest BCUT2D eigenvalue weighted by Crippen LogP contribution is -2.44. The molecule has 0 amide bonds. The number of nitrogen functional groups attached to an aromatic ring is 3. The second-order valence-corrected chi connectivity index (χ2v) is 19.9. The van der Waals surface area contributed by atoms with Crippen LogP contribution >= 0.6 is 27.3 Å². The number of anilines is 3. The molecule has 5 aliphatic rings. The summed E-state index contributed by atoms with van der Waals surface area (Å²) in [5.41, 5.74) is 21.0. The molecule has 0 saturated heterocycles. The summed E-state index contributed by atoms with van der Waals surface area (Å²) in [6.07, 6.45) is 13.6. The molecule has 17 N–H and O–H groups in total. The number of nitrogens with zero attached hydrogens (tertiary/aromatic N) is 3.